The highest BCUT2D eigenvalue weighted by Gasteiger charge is 2.01. The lowest BCUT2D eigenvalue weighted by molar-refractivity contribution is 0.101. The summed E-state index contributed by atoms with van der Waals surface area (Å²) in [6, 6.07) is 5.77. The van der Waals surface area contributed by atoms with Crippen molar-refractivity contribution < 1.29 is 4.79 Å². The standard InChI is InChI=1S/C12H12N2O/c1-10(15)12-4-7-14(9-12)8-11-2-5-13-6-3-11/h2-7,9H,8H2,1H3. The number of Topliss-reactive ketones (excluding diaryl/α,β-unsaturated/α-hetero) is 1. The van der Waals surface area contributed by atoms with E-state index < -0.39 is 0 Å². The van der Waals surface area contributed by atoms with Crippen LogP contribution in [0.4, 0.5) is 0 Å². The Morgan fingerprint density at radius 2 is 2.07 bits per heavy atom. The average Bonchev–Trinajstić information content (AvgIpc) is 2.68. The van der Waals surface area contributed by atoms with E-state index in [1.54, 1.807) is 19.3 Å². The van der Waals surface area contributed by atoms with Crippen molar-refractivity contribution in [2.45, 2.75) is 13.5 Å². The Hall–Kier alpha value is -1.90. The molecular weight excluding hydrogens is 188 g/mol. The Morgan fingerprint density at radius 3 is 2.67 bits per heavy atom. The molecule has 0 saturated carbocycles. The highest BCUT2D eigenvalue weighted by atomic mass is 16.1. The fourth-order valence-electron chi connectivity index (χ4n) is 1.45. The van der Waals surface area contributed by atoms with Crippen LogP contribution < -0.4 is 0 Å². The van der Waals surface area contributed by atoms with Crippen LogP contribution in [0.2, 0.25) is 0 Å². The summed E-state index contributed by atoms with van der Waals surface area (Å²) in [5, 5.41) is 0. The molecule has 2 aromatic rings. The van der Waals surface area contributed by atoms with E-state index in [4.69, 9.17) is 0 Å². The largest absolute Gasteiger partial charge is 0.349 e. The summed E-state index contributed by atoms with van der Waals surface area (Å²) in [5.41, 5.74) is 1.93. The first-order chi connectivity index (χ1) is 7.25. The fraction of sp³-hybridized carbons (Fsp3) is 0.167. The van der Waals surface area contributed by atoms with E-state index >= 15 is 0 Å². The average molecular weight is 200 g/mol. The second kappa shape index (κ2) is 4.09. The van der Waals surface area contributed by atoms with Gasteiger partial charge in [-0.25, -0.2) is 0 Å². The zero-order valence-electron chi connectivity index (χ0n) is 8.55. The molecule has 0 aliphatic heterocycles. The first-order valence-corrected chi connectivity index (χ1v) is 4.81. The van der Waals surface area contributed by atoms with Crippen LogP contribution in [0, 0.1) is 0 Å². The molecule has 0 saturated heterocycles. The summed E-state index contributed by atoms with van der Waals surface area (Å²) in [4.78, 5) is 15.0. The van der Waals surface area contributed by atoms with E-state index in [1.165, 1.54) is 5.56 Å². The van der Waals surface area contributed by atoms with E-state index in [0.717, 1.165) is 12.1 Å². The number of aromatic nitrogens is 2. The lowest BCUT2D eigenvalue weighted by Crippen LogP contribution is -1.96. The second-order valence-corrected chi connectivity index (χ2v) is 3.48. The van der Waals surface area contributed by atoms with Gasteiger partial charge in [0, 0.05) is 36.9 Å². The zero-order valence-corrected chi connectivity index (χ0v) is 8.55. The van der Waals surface area contributed by atoms with Crippen LogP contribution in [0.3, 0.4) is 0 Å². The Balaban J connectivity index is 2.15. The molecule has 0 aliphatic rings. The van der Waals surface area contributed by atoms with Crippen molar-refractivity contribution in [2.24, 2.45) is 0 Å². The summed E-state index contributed by atoms with van der Waals surface area (Å²) in [5.74, 6) is 0.100. The normalized spacial score (nSPS) is 10.2. The first kappa shape index (κ1) is 9.65. The molecular formula is C12H12N2O. The molecule has 0 aromatic carbocycles. The number of carbonyl (C=O) groups excluding carboxylic acids is 1. The Morgan fingerprint density at radius 1 is 1.33 bits per heavy atom. The lowest BCUT2D eigenvalue weighted by Gasteiger charge is -2.01. The van der Waals surface area contributed by atoms with Gasteiger partial charge in [0.15, 0.2) is 5.78 Å². The quantitative estimate of drug-likeness (QED) is 0.711. The maximum Gasteiger partial charge on any atom is 0.161 e. The molecule has 0 spiro atoms. The number of ketones is 1. The predicted octanol–water partition coefficient (Wildman–Crippen LogP) is 2.13. The molecule has 2 aromatic heterocycles. The van der Waals surface area contributed by atoms with Gasteiger partial charge in [0.05, 0.1) is 0 Å². The fourth-order valence-corrected chi connectivity index (χ4v) is 1.45. The SMILES string of the molecule is CC(=O)c1ccn(Cc2ccncc2)c1. The Kier molecular flexibility index (Phi) is 2.63. The van der Waals surface area contributed by atoms with E-state index in [-0.39, 0.29) is 5.78 Å². The number of hydrogen-bond donors (Lipinski definition) is 0. The minimum absolute atomic E-state index is 0.100. The molecule has 3 nitrogen and oxygen atoms in total. The molecule has 0 aliphatic carbocycles. The van der Waals surface area contributed by atoms with Crippen molar-refractivity contribution in [3.05, 3.63) is 54.1 Å². The number of pyridine rings is 1. The van der Waals surface area contributed by atoms with Crippen LogP contribution in [-0.4, -0.2) is 15.3 Å². The van der Waals surface area contributed by atoms with Crippen molar-refractivity contribution in [3.8, 4) is 0 Å². The summed E-state index contributed by atoms with van der Waals surface area (Å²) in [7, 11) is 0. The van der Waals surface area contributed by atoms with Crippen LogP contribution in [0.15, 0.2) is 43.0 Å². The number of carbonyl (C=O) groups is 1. The van der Waals surface area contributed by atoms with E-state index in [2.05, 4.69) is 4.98 Å². The van der Waals surface area contributed by atoms with Gasteiger partial charge in [0.1, 0.15) is 0 Å². The van der Waals surface area contributed by atoms with Crippen molar-refractivity contribution in [1.82, 2.24) is 9.55 Å². The van der Waals surface area contributed by atoms with Crippen LogP contribution in [0.25, 0.3) is 0 Å². The van der Waals surface area contributed by atoms with Crippen LogP contribution >= 0.6 is 0 Å². The molecule has 15 heavy (non-hydrogen) atoms. The number of hydrogen-bond acceptors (Lipinski definition) is 2. The highest BCUT2D eigenvalue weighted by molar-refractivity contribution is 5.93. The summed E-state index contributed by atoms with van der Waals surface area (Å²) in [6.07, 6.45) is 7.31. The molecule has 0 radical (unpaired) electrons. The van der Waals surface area contributed by atoms with Gasteiger partial charge in [-0.05, 0) is 30.7 Å². The van der Waals surface area contributed by atoms with Crippen LogP contribution in [0.5, 0.6) is 0 Å². The lowest BCUT2D eigenvalue weighted by atomic mass is 10.2. The molecule has 0 atom stereocenters. The minimum Gasteiger partial charge on any atom is -0.349 e. The predicted molar refractivity (Wildman–Crippen MR) is 57.8 cm³/mol. The topological polar surface area (TPSA) is 34.9 Å². The van der Waals surface area contributed by atoms with Gasteiger partial charge in [-0.2, -0.15) is 0 Å². The van der Waals surface area contributed by atoms with Gasteiger partial charge in [0.25, 0.3) is 0 Å². The van der Waals surface area contributed by atoms with E-state index in [9.17, 15) is 4.79 Å². The molecule has 2 heterocycles. The number of nitrogens with zero attached hydrogens (tertiary/aromatic N) is 2. The van der Waals surface area contributed by atoms with E-state index in [1.807, 2.05) is 35.2 Å². The smallest absolute Gasteiger partial charge is 0.161 e. The monoisotopic (exact) mass is 200 g/mol. The molecule has 76 valence electrons. The molecule has 0 amide bonds. The van der Waals surface area contributed by atoms with Gasteiger partial charge in [-0.15, -0.1) is 0 Å². The summed E-state index contributed by atoms with van der Waals surface area (Å²) < 4.78 is 1.99. The zero-order chi connectivity index (χ0) is 10.7. The van der Waals surface area contributed by atoms with Gasteiger partial charge < -0.3 is 4.57 Å². The molecule has 2 rings (SSSR count). The molecule has 0 unspecified atom stereocenters. The molecule has 0 fully saturated rings. The van der Waals surface area contributed by atoms with Crippen molar-refractivity contribution in [2.75, 3.05) is 0 Å². The van der Waals surface area contributed by atoms with Gasteiger partial charge in [0.2, 0.25) is 0 Å². The molecule has 0 bridgehead atoms. The third-order valence-electron chi connectivity index (χ3n) is 2.27. The Labute approximate surface area is 88.4 Å². The van der Waals surface area contributed by atoms with Crippen molar-refractivity contribution >= 4 is 5.78 Å². The third kappa shape index (κ3) is 2.31. The van der Waals surface area contributed by atoms with E-state index in [0.29, 0.717) is 0 Å². The maximum absolute atomic E-state index is 11.1. The van der Waals surface area contributed by atoms with Crippen molar-refractivity contribution in [1.29, 1.82) is 0 Å². The second-order valence-electron chi connectivity index (χ2n) is 3.48. The maximum atomic E-state index is 11.1. The van der Waals surface area contributed by atoms with Gasteiger partial charge in [-0.3, -0.25) is 9.78 Å². The van der Waals surface area contributed by atoms with Crippen molar-refractivity contribution in [3.63, 3.8) is 0 Å². The summed E-state index contributed by atoms with van der Waals surface area (Å²) in [6.45, 7) is 2.35. The third-order valence-corrected chi connectivity index (χ3v) is 2.27. The molecule has 3 heteroatoms. The molecule has 0 N–H and O–H groups in total. The number of rotatable bonds is 3. The van der Waals surface area contributed by atoms with Gasteiger partial charge >= 0.3 is 0 Å². The van der Waals surface area contributed by atoms with Crippen LogP contribution in [0.1, 0.15) is 22.8 Å². The highest BCUT2D eigenvalue weighted by Crippen LogP contribution is 2.06. The first-order valence-electron chi connectivity index (χ1n) is 4.81. The van der Waals surface area contributed by atoms with Crippen LogP contribution in [-0.2, 0) is 6.54 Å². The minimum atomic E-state index is 0.100. The Bertz CT molecular complexity index is 459. The van der Waals surface area contributed by atoms with Gasteiger partial charge in [-0.1, -0.05) is 0 Å². The summed E-state index contributed by atoms with van der Waals surface area (Å²) >= 11 is 0.